The first kappa shape index (κ1) is 22.3. The van der Waals surface area contributed by atoms with Crippen LogP contribution >= 0.6 is 0 Å². The van der Waals surface area contributed by atoms with Crippen LogP contribution in [-0.4, -0.2) is 45.9 Å². The number of nitrogens with one attached hydrogen (secondary N) is 1. The zero-order valence-corrected chi connectivity index (χ0v) is 18.6. The van der Waals surface area contributed by atoms with Gasteiger partial charge in [-0.1, -0.05) is 30.3 Å². The number of amides is 2. The third kappa shape index (κ3) is 5.60. The summed E-state index contributed by atoms with van der Waals surface area (Å²) >= 11 is 0. The van der Waals surface area contributed by atoms with Gasteiger partial charge in [0.1, 0.15) is 5.69 Å². The van der Waals surface area contributed by atoms with Crippen molar-refractivity contribution in [3.05, 3.63) is 89.0 Å². The second kappa shape index (κ2) is 10.1. The van der Waals surface area contributed by atoms with E-state index in [1.807, 2.05) is 64.5 Å². The van der Waals surface area contributed by atoms with E-state index in [1.165, 1.54) is 0 Å². The highest BCUT2D eigenvalue weighted by molar-refractivity contribution is 5.95. The topological polar surface area (TPSA) is 67.2 Å². The van der Waals surface area contributed by atoms with Gasteiger partial charge in [0.25, 0.3) is 11.8 Å². The van der Waals surface area contributed by atoms with Crippen LogP contribution in [0.1, 0.15) is 44.1 Å². The average Bonchev–Trinajstić information content (AvgIpc) is 3.20. The van der Waals surface area contributed by atoms with Gasteiger partial charge in [0.05, 0.1) is 0 Å². The molecule has 1 unspecified atom stereocenters. The molecule has 0 saturated carbocycles. The maximum Gasteiger partial charge on any atom is 0.267 e. The number of aryl methyl sites for hydroxylation is 3. The Bertz CT molecular complexity index is 1040. The van der Waals surface area contributed by atoms with Crippen LogP contribution in [0.25, 0.3) is 0 Å². The number of carbonyl (C=O) groups excluding carboxylic acids is 2. The molecule has 1 N–H and O–H groups in total. The van der Waals surface area contributed by atoms with Gasteiger partial charge >= 0.3 is 0 Å². The van der Waals surface area contributed by atoms with E-state index in [9.17, 15) is 9.59 Å². The predicted octanol–water partition coefficient (Wildman–Crippen LogP) is 3.54. The fourth-order valence-electron chi connectivity index (χ4n) is 3.67. The summed E-state index contributed by atoms with van der Waals surface area (Å²) in [5.74, 6) is -0.141. The van der Waals surface area contributed by atoms with Crippen molar-refractivity contribution >= 4 is 11.8 Å². The Labute approximate surface area is 183 Å². The van der Waals surface area contributed by atoms with Crippen LogP contribution in [0.4, 0.5) is 0 Å². The first-order chi connectivity index (χ1) is 14.9. The second-order valence-corrected chi connectivity index (χ2v) is 7.95. The number of carbonyl (C=O) groups is 2. The maximum atomic E-state index is 13.3. The molecule has 2 amide bonds. The number of hydrogen-bond donors (Lipinski definition) is 1. The Morgan fingerprint density at radius 1 is 1.13 bits per heavy atom. The Morgan fingerprint density at radius 3 is 2.55 bits per heavy atom. The van der Waals surface area contributed by atoms with Gasteiger partial charge in [-0.3, -0.25) is 14.6 Å². The van der Waals surface area contributed by atoms with E-state index in [4.69, 9.17) is 0 Å². The summed E-state index contributed by atoms with van der Waals surface area (Å²) in [7, 11) is 3.68. The summed E-state index contributed by atoms with van der Waals surface area (Å²) in [5.41, 5.74) is 4.12. The van der Waals surface area contributed by atoms with Gasteiger partial charge in [-0.2, -0.15) is 0 Å². The molecule has 0 saturated heterocycles. The molecule has 2 aromatic heterocycles. The largest absolute Gasteiger partial charge is 0.351 e. The Morgan fingerprint density at radius 2 is 1.87 bits per heavy atom. The summed E-state index contributed by atoms with van der Waals surface area (Å²) in [6.45, 7) is 4.27. The van der Waals surface area contributed by atoms with Crippen molar-refractivity contribution in [1.29, 1.82) is 0 Å². The van der Waals surface area contributed by atoms with Crippen LogP contribution in [0.2, 0.25) is 0 Å². The van der Waals surface area contributed by atoms with Crippen molar-refractivity contribution in [3.8, 4) is 0 Å². The second-order valence-electron chi connectivity index (χ2n) is 7.95. The Kier molecular flexibility index (Phi) is 7.23. The fourth-order valence-corrected chi connectivity index (χ4v) is 3.67. The fraction of sp³-hybridized carbons (Fsp3) is 0.320. The molecule has 0 aliphatic heterocycles. The van der Waals surface area contributed by atoms with Crippen molar-refractivity contribution in [3.63, 3.8) is 0 Å². The van der Waals surface area contributed by atoms with Crippen LogP contribution in [0.5, 0.6) is 0 Å². The molecule has 1 aromatic carbocycles. The Balaban J connectivity index is 1.73. The first-order valence-corrected chi connectivity index (χ1v) is 10.5. The highest BCUT2D eigenvalue weighted by Crippen LogP contribution is 2.17. The van der Waals surface area contributed by atoms with Crippen molar-refractivity contribution in [2.75, 3.05) is 13.6 Å². The molecule has 2 heterocycles. The lowest BCUT2D eigenvalue weighted by atomic mass is 10.0. The standard InChI is InChI=1S/C25H30N4O2/c1-18-17-27-19(2)15-22(18)25(31)29(4)21(16-20-9-6-5-7-10-20)12-13-26-24(30)23-11-8-14-28(23)3/h5-11,14-15,17,21H,12-13,16H2,1-4H3,(H,26,30). The molecule has 6 nitrogen and oxygen atoms in total. The molecular weight excluding hydrogens is 388 g/mol. The summed E-state index contributed by atoms with van der Waals surface area (Å²) in [4.78, 5) is 31.8. The van der Waals surface area contributed by atoms with Gasteiger partial charge in [-0.05, 0) is 56.0 Å². The molecule has 162 valence electrons. The van der Waals surface area contributed by atoms with Crippen molar-refractivity contribution in [2.24, 2.45) is 7.05 Å². The summed E-state index contributed by atoms with van der Waals surface area (Å²) < 4.78 is 1.79. The minimum Gasteiger partial charge on any atom is -0.351 e. The van der Waals surface area contributed by atoms with Crippen LogP contribution in [0.3, 0.4) is 0 Å². The minimum absolute atomic E-state index is 0.0299. The smallest absolute Gasteiger partial charge is 0.267 e. The third-order valence-electron chi connectivity index (χ3n) is 5.59. The first-order valence-electron chi connectivity index (χ1n) is 10.5. The van der Waals surface area contributed by atoms with E-state index in [0.29, 0.717) is 30.6 Å². The normalized spacial score (nSPS) is 11.7. The van der Waals surface area contributed by atoms with E-state index in [-0.39, 0.29) is 17.9 Å². The summed E-state index contributed by atoms with van der Waals surface area (Å²) in [6, 6.07) is 15.5. The molecule has 0 spiro atoms. The summed E-state index contributed by atoms with van der Waals surface area (Å²) in [6.07, 6.45) is 4.95. The monoisotopic (exact) mass is 418 g/mol. The molecule has 1 atom stereocenters. The van der Waals surface area contributed by atoms with Gasteiger partial charge in [0.15, 0.2) is 0 Å². The minimum atomic E-state index is -0.111. The SMILES string of the molecule is Cc1cc(C(=O)N(C)C(CCNC(=O)c2cccn2C)Cc2ccccc2)c(C)cn1. The number of nitrogens with zero attached hydrogens (tertiary/aromatic N) is 3. The molecule has 0 fully saturated rings. The van der Waals surface area contributed by atoms with E-state index in [0.717, 1.165) is 16.8 Å². The number of aromatic nitrogens is 2. The van der Waals surface area contributed by atoms with Gasteiger partial charge in [-0.15, -0.1) is 0 Å². The highest BCUT2D eigenvalue weighted by Gasteiger charge is 2.23. The van der Waals surface area contributed by atoms with Crippen molar-refractivity contribution in [1.82, 2.24) is 19.8 Å². The highest BCUT2D eigenvalue weighted by atomic mass is 16.2. The van der Waals surface area contributed by atoms with Crippen LogP contribution in [0.15, 0.2) is 60.9 Å². The zero-order valence-electron chi connectivity index (χ0n) is 18.6. The maximum absolute atomic E-state index is 13.3. The molecule has 0 aliphatic carbocycles. The number of likely N-dealkylation sites (N-methyl/N-ethyl adjacent to an activating group) is 1. The molecule has 3 aromatic rings. The molecule has 3 rings (SSSR count). The molecular formula is C25H30N4O2. The van der Waals surface area contributed by atoms with Crippen LogP contribution < -0.4 is 5.32 Å². The van der Waals surface area contributed by atoms with Gasteiger partial charge in [-0.25, -0.2) is 0 Å². The molecule has 0 bridgehead atoms. The molecule has 0 radical (unpaired) electrons. The van der Waals surface area contributed by atoms with Crippen LogP contribution in [-0.2, 0) is 13.5 Å². The van der Waals surface area contributed by atoms with E-state index < -0.39 is 0 Å². The summed E-state index contributed by atoms with van der Waals surface area (Å²) in [5, 5.41) is 2.99. The van der Waals surface area contributed by atoms with E-state index in [2.05, 4.69) is 22.4 Å². The lowest BCUT2D eigenvalue weighted by Gasteiger charge is -2.29. The number of pyridine rings is 1. The van der Waals surface area contributed by atoms with Gasteiger partial charge in [0, 0.05) is 50.3 Å². The van der Waals surface area contributed by atoms with Crippen molar-refractivity contribution in [2.45, 2.75) is 32.7 Å². The molecule has 6 heteroatoms. The lowest BCUT2D eigenvalue weighted by molar-refractivity contribution is 0.0722. The van der Waals surface area contributed by atoms with Crippen molar-refractivity contribution < 1.29 is 9.59 Å². The number of benzene rings is 1. The predicted molar refractivity (Wildman–Crippen MR) is 122 cm³/mol. The average molecular weight is 419 g/mol. The molecule has 0 aliphatic rings. The van der Waals surface area contributed by atoms with E-state index in [1.54, 1.807) is 21.7 Å². The third-order valence-corrected chi connectivity index (χ3v) is 5.59. The number of rotatable bonds is 8. The van der Waals surface area contributed by atoms with Crippen LogP contribution in [0, 0.1) is 13.8 Å². The number of hydrogen-bond acceptors (Lipinski definition) is 3. The lowest BCUT2D eigenvalue weighted by Crippen LogP contribution is -2.41. The molecule has 31 heavy (non-hydrogen) atoms. The van der Waals surface area contributed by atoms with Gasteiger partial charge < -0.3 is 14.8 Å². The zero-order chi connectivity index (χ0) is 22.4. The Hall–Kier alpha value is -3.41. The quantitative estimate of drug-likeness (QED) is 0.608. The van der Waals surface area contributed by atoms with E-state index >= 15 is 0 Å². The van der Waals surface area contributed by atoms with Gasteiger partial charge in [0.2, 0.25) is 0 Å².